The van der Waals surface area contributed by atoms with Crippen molar-refractivity contribution in [1.82, 2.24) is 15.2 Å². The summed E-state index contributed by atoms with van der Waals surface area (Å²) < 4.78 is 0. The summed E-state index contributed by atoms with van der Waals surface area (Å²) in [5.41, 5.74) is 3.36. The maximum atomic E-state index is 12.8. The molecule has 0 aliphatic heterocycles. The van der Waals surface area contributed by atoms with Gasteiger partial charge in [0.15, 0.2) is 0 Å². The maximum Gasteiger partial charge on any atom is 0.318 e. The number of hydrogen-bond acceptors (Lipinski definition) is 4. The molecule has 1 aromatic heterocycles. The van der Waals surface area contributed by atoms with Gasteiger partial charge in [-0.15, -0.1) is 11.3 Å². The lowest BCUT2D eigenvalue weighted by Crippen LogP contribution is -2.44. The maximum absolute atomic E-state index is 12.8. The lowest BCUT2D eigenvalue weighted by molar-refractivity contribution is 0.149. The highest BCUT2D eigenvalue weighted by Gasteiger charge is 2.31. The molecule has 2 atom stereocenters. The first kappa shape index (κ1) is 16.9. The van der Waals surface area contributed by atoms with E-state index in [4.69, 9.17) is 0 Å². The third kappa shape index (κ3) is 3.44. The smallest absolute Gasteiger partial charge is 0.318 e. The third-order valence-electron chi connectivity index (χ3n) is 4.50. The van der Waals surface area contributed by atoms with Gasteiger partial charge in [0.05, 0.1) is 29.4 Å². The summed E-state index contributed by atoms with van der Waals surface area (Å²) in [6, 6.07) is 7.96. The van der Waals surface area contributed by atoms with Crippen molar-refractivity contribution in [2.24, 2.45) is 0 Å². The molecule has 1 heterocycles. The largest absolute Gasteiger partial charge is 0.395 e. The third-order valence-corrected chi connectivity index (χ3v) is 5.29. The Kier molecular flexibility index (Phi) is 5.16. The zero-order valence-electron chi connectivity index (χ0n) is 14.0. The molecule has 0 spiro atoms. The molecule has 2 unspecified atom stereocenters. The second-order valence-corrected chi connectivity index (χ2v) is 7.20. The normalized spacial score (nSPS) is 17.4. The molecule has 2 amide bonds. The fraction of sp³-hybridized carbons (Fsp3) is 0.444. The molecule has 1 aliphatic carbocycles. The van der Waals surface area contributed by atoms with Gasteiger partial charge in [0.2, 0.25) is 0 Å². The zero-order valence-corrected chi connectivity index (χ0v) is 14.8. The highest BCUT2D eigenvalue weighted by Crippen LogP contribution is 2.35. The molecule has 128 valence electrons. The number of benzene rings is 1. The lowest BCUT2D eigenvalue weighted by Gasteiger charge is -2.30. The van der Waals surface area contributed by atoms with E-state index in [0.717, 1.165) is 23.5 Å². The molecule has 2 aromatic rings. The monoisotopic (exact) mass is 345 g/mol. The lowest BCUT2D eigenvalue weighted by atomic mass is 10.1. The number of carbonyl (C=O) groups excluding carboxylic acids is 1. The van der Waals surface area contributed by atoms with Gasteiger partial charge in [0.25, 0.3) is 0 Å². The molecule has 1 aromatic carbocycles. The van der Waals surface area contributed by atoms with Gasteiger partial charge in [-0.05, 0) is 37.8 Å². The number of rotatable bonds is 5. The van der Waals surface area contributed by atoms with Gasteiger partial charge in [-0.25, -0.2) is 9.78 Å². The van der Waals surface area contributed by atoms with E-state index >= 15 is 0 Å². The number of urea groups is 1. The first-order valence-electron chi connectivity index (χ1n) is 8.28. The minimum absolute atomic E-state index is 0.0257. The Morgan fingerprint density at radius 3 is 3.00 bits per heavy atom. The minimum Gasteiger partial charge on any atom is -0.395 e. The van der Waals surface area contributed by atoms with E-state index < -0.39 is 0 Å². The van der Waals surface area contributed by atoms with Gasteiger partial charge in [0, 0.05) is 11.9 Å². The van der Waals surface area contributed by atoms with Crippen molar-refractivity contribution in [1.29, 1.82) is 0 Å². The second-order valence-electron chi connectivity index (χ2n) is 6.13. The Morgan fingerprint density at radius 1 is 1.50 bits per heavy atom. The molecule has 2 N–H and O–H groups in total. The van der Waals surface area contributed by atoms with E-state index in [1.54, 1.807) is 16.2 Å². The van der Waals surface area contributed by atoms with Crippen LogP contribution >= 0.6 is 11.3 Å². The molecular formula is C18H23N3O2S. The van der Waals surface area contributed by atoms with E-state index in [1.165, 1.54) is 11.1 Å². The van der Waals surface area contributed by atoms with Crippen LogP contribution in [-0.2, 0) is 6.42 Å². The summed E-state index contributed by atoms with van der Waals surface area (Å²) in [7, 11) is 0. The van der Waals surface area contributed by atoms with Crippen molar-refractivity contribution in [3.63, 3.8) is 0 Å². The average Bonchev–Trinajstić information content (AvgIpc) is 3.19. The molecule has 24 heavy (non-hydrogen) atoms. The second kappa shape index (κ2) is 7.32. The van der Waals surface area contributed by atoms with E-state index in [0.29, 0.717) is 6.54 Å². The number of aliphatic hydroxyl groups excluding tert-OH is 1. The number of thiazole rings is 1. The van der Waals surface area contributed by atoms with Crippen LogP contribution in [-0.4, -0.2) is 34.2 Å². The van der Waals surface area contributed by atoms with Gasteiger partial charge in [-0.3, -0.25) is 0 Å². The molecule has 0 saturated carbocycles. The standard InChI is InChI=1S/C18H23N3O2S/c1-12(16-11-24-13(2)20-16)19-18(23)21(9-10-22)17-8-7-14-5-3-4-6-15(14)17/h3-6,11-12,17,22H,7-10H2,1-2H3,(H,19,23). The van der Waals surface area contributed by atoms with Crippen molar-refractivity contribution < 1.29 is 9.90 Å². The van der Waals surface area contributed by atoms with Crippen LogP contribution in [0.3, 0.4) is 0 Å². The van der Waals surface area contributed by atoms with Crippen molar-refractivity contribution in [2.45, 2.75) is 38.8 Å². The Hall–Kier alpha value is -1.92. The SMILES string of the molecule is Cc1nc(C(C)NC(=O)N(CCO)C2CCc3ccccc32)cs1. The highest BCUT2D eigenvalue weighted by atomic mass is 32.1. The molecule has 5 nitrogen and oxygen atoms in total. The number of nitrogens with one attached hydrogen (secondary N) is 1. The Balaban J connectivity index is 1.75. The summed E-state index contributed by atoms with van der Waals surface area (Å²) in [4.78, 5) is 19.0. The quantitative estimate of drug-likeness (QED) is 0.874. The molecule has 0 saturated heterocycles. The van der Waals surface area contributed by atoms with Gasteiger partial charge in [-0.2, -0.15) is 0 Å². The fourth-order valence-electron chi connectivity index (χ4n) is 3.29. The summed E-state index contributed by atoms with van der Waals surface area (Å²) in [5.74, 6) is 0. The van der Waals surface area contributed by atoms with Crippen LogP contribution in [0.15, 0.2) is 29.6 Å². The van der Waals surface area contributed by atoms with Crippen LogP contribution in [0, 0.1) is 6.92 Å². The molecule has 0 radical (unpaired) electrons. The Morgan fingerprint density at radius 2 is 2.29 bits per heavy atom. The van der Waals surface area contributed by atoms with Crippen LogP contribution in [0.5, 0.6) is 0 Å². The first-order valence-corrected chi connectivity index (χ1v) is 9.16. The summed E-state index contributed by atoms with van der Waals surface area (Å²) in [5, 5.41) is 15.4. The number of aliphatic hydroxyl groups is 1. The van der Waals surface area contributed by atoms with Crippen LogP contribution in [0.25, 0.3) is 0 Å². The predicted molar refractivity (Wildman–Crippen MR) is 95.1 cm³/mol. The summed E-state index contributed by atoms with van der Waals surface area (Å²) >= 11 is 1.58. The van der Waals surface area contributed by atoms with Crippen molar-refractivity contribution in [2.75, 3.05) is 13.2 Å². The minimum atomic E-state index is -0.153. The highest BCUT2D eigenvalue weighted by molar-refractivity contribution is 7.09. The van der Waals surface area contributed by atoms with Crippen LogP contribution < -0.4 is 5.32 Å². The van der Waals surface area contributed by atoms with Gasteiger partial charge in [0.1, 0.15) is 0 Å². The molecule has 3 rings (SSSR count). The van der Waals surface area contributed by atoms with Crippen LogP contribution in [0.2, 0.25) is 0 Å². The van der Waals surface area contributed by atoms with E-state index in [2.05, 4.69) is 22.4 Å². The van der Waals surface area contributed by atoms with Crippen LogP contribution in [0.1, 0.15) is 47.3 Å². The number of hydrogen-bond donors (Lipinski definition) is 2. The van der Waals surface area contributed by atoms with E-state index in [9.17, 15) is 9.90 Å². The molecule has 0 fully saturated rings. The average molecular weight is 345 g/mol. The summed E-state index contributed by atoms with van der Waals surface area (Å²) in [6.07, 6.45) is 1.87. The van der Waals surface area contributed by atoms with Gasteiger partial charge < -0.3 is 15.3 Å². The molecule has 1 aliphatic rings. The van der Waals surface area contributed by atoms with Crippen LogP contribution in [0.4, 0.5) is 4.79 Å². The molecule has 6 heteroatoms. The first-order chi connectivity index (χ1) is 11.6. The number of nitrogens with zero attached hydrogens (tertiary/aromatic N) is 2. The molecular weight excluding hydrogens is 322 g/mol. The fourth-order valence-corrected chi connectivity index (χ4v) is 3.99. The van der Waals surface area contributed by atoms with E-state index in [-0.39, 0.29) is 24.7 Å². The number of amides is 2. The molecule has 0 bridgehead atoms. The summed E-state index contributed by atoms with van der Waals surface area (Å²) in [6.45, 7) is 4.17. The Bertz CT molecular complexity index is 716. The zero-order chi connectivity index (χ0) is 17.1. The van der Waals surface area contributed by atoms with Gasteiger partial charge >= 0.3 is 6.03 Å². The predicted octanol–water partition coefficient (Wildman–Crippen LogP) is 3.20. The number of aryl methyl sites for hydroxylation is 2. The topological polar surface area (TPSA) is 65.5 Å². The number of aromatic nitrogens is 1. The Labute approximate surface area is 146 Å². The number of carbonyl (C=O) groups is 1. The van der Waals surface area contributed by atoms with Crippen molar-refractivity contribution in [3.05, 3.63) is 51.5 Å². The number of fused-ring (bicyclic) bond motifs is 1. The van der Waals surface area contributed by atoms with Crippen molar-refractivity contribution >= 4 is 17.4 Å². The van der Waals surface area contributed by atoms with Crippen molar-refractivity contribution in [3.8, 4) is 0 Å². The van der Waals surface area contributed by atoms with Gasteiger partial charge in [-0.1, -0.05) is 24.3 Å². The van der Waals surface area contributed by atoms with E-state index in [1.807, 2.05) is 31.4 Å².